The molecule has 0 radical (unpaired) electrons. The Morgan fingerprint density at radius 3 is 2.92 bits per heavy atom. The van der Waals surface area contributed by atoms with Crippen molar-refractivity contribution < 1.29 is 9.32 Å². The highest BCUT2D eigenvalue weighted by atomic mass is 16.5. The molecule has 1 heterocycles. The van der Waals surface area contributed by atoms with Gasteiger partial charge in [-0.3, -0.25) is 4.79 Å². The molecule has 2 aromatic rings. The zero-order chi connectivity index (χ0) is 9.42. The minimum absolute atomic E-state index is 0.416. The quantitative estimate of drug-likeness (QED) is 0.609. The number of carbonyl (C=O) groups is 1. The standard InChI is InChI=1S/C9H7NO3/c1-10-8-3-2-6(5-11)4-7(8)9(12)13-10/h2-5H,1H3. The Kier molecular flexibility index (Phi) is 1.55. The van der Waals surface area contributed by atoms with Gasteiger partial charge in [0, 0.05) is 12.6 Å². The van der Waals surface area contributed by atoms with Crippen LogP contribution in [0.15, 0.2) is 27.5 Å². The van der Waals surface area contributed by atoms with Crippen molar-refractivity contribution in [2.45, 2.75) is 0 Å². The summed E-state index contributed by atoms with van der Waals surface area (Å²) in [6, 6.07) is 4.85. The summed E-state index contributed by atoms with van der Waals surface area (Å²) < 4.78 is 6.19. The maximum atomic E-state index is 11.2. The second kappa shape index (κ2) is 2.58. The highest BCUT2D eigenvalue weighted by molar-refractivity contribution is 5.86. The topological polar surface area (TPSA) is 52.2 Å². The van der Waals surface area contributed by atoms with Crippen LogP contribution in [-0.2, 0) is 7.05 Å². The van der Waals surface area contributed by atoms with Gasteiger partial charge in [0.15, 0.2) is 0 Å². The highest BCUT2D eigenvalue weighted by Gasteiger charge is 2.06. The molecule has 0 aliphatic carbocycles. The molecule has 0 aliphatic heterocycles. The Hall–Kier alpha value is -1.84. The van der Waals surface area contributed by atoms with Gasteiger partial charge in [0.05, 0.1) is 10.9 Å². The lowest BCUT2D eigenvalue weighted by molar-refractivity contribution is 0.112. The summed E-state index contributed by atoms with van der Waals surface area (Å²) in [7, 11) is 1.64. The summed E-state index contributed by atoms with van der Waals surface area (Å²) in [5.41, 5.74) is 0.753. The van der Waals surface area contributed by atoms with Gasteiger partial charge in [-0.15, -0.1) is 0 Å². The summed E-state index contributed by atoms with van der Waals surface area (Å²) in [5, 5.41) is 0.437. The minimum atomic E-state index is -0.416. The van der Waals surface area contributed by atoms with E-state index in [1.165, 1.54) is 10.8 Å². The first kappa shape index (κ1) is 7.79. The largest absolute Gasteiger partial charge is 0.365 e. The Labute approximate surface area is 73.3 Å². The van der Waals surface area contributed by atoms with E-state index < -0.39 is 5.63 Å². The summed E-state index contributed by atoms with van der Waals surface area (Å²) in [6.07, 6.45) is 0.700. The average molecular weight is 177 g/mol. The van der Waals surface area contributed by atoms with E-state index in [-0.39, 0.29) is 0 Å². The number of aryl methyl sites for hydroxylation is 1. The summed E-state index contributed by atoms with van der Waals surface area (Å²) in [5.74, 6) is 0. The van der Waals surface area contributed by atoms with Crippen molar-refractivity contribution in [3.8, 4) is 0 Å². The third kappa shape index (κ3) is 1.07. The number of hydrogen-bond donors (Lipinski definition) is 0. The molecule has 0 aliphatic rings. The van der Waals surface area contributed by atoms with Gasteiger partial charge in [0.1, 0.15) is 6.29 Å². The SMILES string of the molecule is Cn1oc(=O)c2cc(C=O)ccc21. The molecule has 1 aromatic carbocycles. The lowest BCUT2D eigenvalue weighted by Gasteiger charge is -1.91. The van der Waals surface area contributed by atoms with Crippen molar-refractivity contribution in [1.82, 2.24) is 4.74 Å². The van der Waals surface area contributed by atoms with Crippen LogP contribution >= 0.6 is 0 Å². The van der Waals surface area contributed by atoms with Crippen LogP contribution in [0.2, 0.25) is 0 Å². The summed E-state index contributed by atoms with van der Waals surface area (Å²) in [6.45, 7) is 0. The molecule has 2 rings (SSSR count). The van der Waals surface area contributed by atoms with Gasteiger partial charge >= 0.3 is 5.63 Å². The van der Waals surface area contributed by atoms with E-state index in [4.69, 9.17) is 4.52 Å². The maximum Gasteiger partial charge on any atom is 0.365 e. The lowest BCUT2D eigenvalue weighted by atomic mass is 10.2. The van der Waals surface area contributed by atoms with Gasteiger partial charge in [0.25, 0.3) is 0 Å². The van der Waals surface area contributed by atoms with E-state index in [9.17, 15) is 9.59 Å². The van der Waals surface area contributed by atoms with Crippen molar-refractivity contribution in [2.75, 3.05) is 0 Å². The average Bonchev–Trinajstić information content (AvgIpc) is 2.42. The number of carbonyl (C=O) groups excluding carboxylic acids is 1. The number of nitrogens with zero attached hydrogens (tertiary/aromatic N) is 1. The number of rotatable bonds is 1. The first-order valence-corrected chi connectivity index (χ1v) is 3.77. The second-order valence-corrected chi connectivity index (χ2v) is 2.77. The molecule has 1 aromatic heterocycles. The van der Waals surface area contributed by atoms with Crippen molar-refractivity contribution in [3.05, 3.63) is 34.2 Å². The molecule has 0 unspecified atom stereocenters. The predicted molar refractivity (Wildman–Crippen MR) is 46.8 cm³/mol. The van der Waals surface area contributed by atoms with Crippen LogP contribution in [0, 0.1) is 0 Å². The van der Waals surface area contributed by atoms with Crippen molar-refractivity contribution in [3.63, 3.8) is 0 Å². The van der Waals surface area contributed by atoms with Crippen LogP contribution in [0.1, 0.15) is 10.4 Å². The predicted octanol–water partition coefficient (Wildman–Crippen LogP) is 0.944. The highest BCUT2D eigenvalue weighted by Crippen LogP contribution is 2.11. The molecule has 0 saturated heterocycles. The first-order chi connectivity index (χ1) is 6.22. The van der Waals surface area contributed by atoms with Crippen LogP contribution in [-0.4, -0.2) is 11.0 Å². The normalized spacial score (nSPS) is 10.5. The Bertz CT molecular complexity index is 521. The van der Waals surface area contributed by atoms with Crippen LogP contribution < -0.4 is 5.63 Å². The maximum absolute atomic E-state index is 11.2. The Morgan fingerprint density at radius 2 is 2.23 bits per heavy atom. The van der Waals surface area contributed by atoms with Crippen molar-refractivity contribution in [1.29, 1.82) is 0 Å². The first-order valence-electron chi connectivity index (χ1n) is 3.77. The van der Waals surface area contributed by atoms with Crippen molar-refractivity contribution in [2.24, 2.45) is 7.05 Å². The van der Waals surface area contributed by atoms with E-state index in [0.29, 0.717) is 22.8 Å². The van der Waals surface area contributed by atoms with Crippen molar-refractivity contribution >= 4 is 17.2 Å². The van der Waals surface area contributed by atoms with Gasteiger partial charge in [-0.25, -0.2) is 9.53 Å². The molecule has 0 amide bonds. The fourth-order valence-corrected chi connectivity index (χ4v) is 1.29. The van der Waals surface area contributed by atoms with Gasteiger partial charge < -0.3 is 4.52 Å². The molecule has 0 atom stereocenters. The minimum Gasteiger partial charge on any atom is -0.336 e. The molecular formula is C9H7NO3. The second-order valence-electron chi connectivity index (χ2n) is 2.77. The Morgan fingerprint density at radius 1 is 1.46 bits per heavy atom. The molecule has 0 spiro atoms. The molecule has 4 heteroatoms. The summed E-state index contributed by atoms with van der Waals surface area (Å²) >= 11 is 0. The monoisotopic (exact) mass is 177 g/mol. The van der Waals surface area contributed by atoms with E-state index in [0.717, 1.165) is 0 Å². The lowest BCUT2D eigenvalue weighted by Crippen LogP contribution is -1.92. The molecular weight excluding hydrogens is 170 g/mol. The van der Waals surface area contributed by atoms with E-state index in [1.807, 2.05) is 0 Å². The molecule has 0 N–H and O–H groups in total. The third-order valence-corrected chi connectivity index (χ3v) is 1.94. The van der Waals surface area contributed by atoms with E-state index in [1.54, 1.807) is 19.2 Å². The fraction of sp³-hybridized carbons (Fsp3) is 0.111. The van der Waals surface area contributed by atoms with Gasteiger partial charge in [0.2, 0.25) is 0 Å². The van der Waals surface area contributed by atoms with Crippen LogP contribution in [0.3, 0.4) is 0 Å². The molecule has 4 nitrogen and oxygen atoms in total. The summed E-state index contributed by atoms with van der Waals surface area (Å²) in [4.78, 5) is 21.6. The van der Waals surface area contributed by atoms with Crippen LogP contribution in [0.25, 0.3) is 10.9 Å². The van der Waals surface area contributed by atoms with Gasteiger partial charge in [-0.2, -0.15) is 0 Å². The van der Waals surface area contributed by atoms with Gasteiger partial charge in [-0.1, -0.05) is 0 Å². The van der Waals surface area contributed by atoms with E-state index >= 15 is 0 Å². The van der Waals surface area contributed by atoms with Crippen LogP contribution in [0.4, 0.5) is 0 Å². The molecule has 66 valence electrons. The Balaban J connectivity index is 2.91. The fourth-order valence-electron chi connectivity index (χ4n) is 1.29. The number of fused-ring (bicyclic) bond motifs is 1. The smallest absolute Gasteiger partial charge is 0.336 e. The van der Waals surface area contributed by atoms with Crippen LogP contribution in [0.5, 0.6) is 0 Å². The van der Waals surface area contributed by atoms with Gasteiger partial charge in [-0.05, 0) is 18.2 Å². The molecule has 0 saturated carbocycles. The number of aldehydes is 1. The number of aromatic nitrogens is 1. The van der Waals surface area contributed by atoms with E-state index in [2.05, 4.69) is 0 Å². The zero-order valence-electron chi connectivity index (χ0n) is 6.98. The zero-order valence-corrected chi connectivity index (χ0v) is 6.98. The number of hydrogen-bond acceptors (Lipinski definition) is 3. The number of benzene rings is 1. The molecule has 13 heavy (non-hydrogen) atoms. The third-order valence-electron chi connectivity index (χ3n) is 1.94. The molecule has 0 bridgehead atoms. The molecule has 0 fully saturated rings.